The first-order chi connectivity index (χ1) is 14.2. The van der Waals surface area contributed by atoms with Gasteiger partial charge in [-0.1, -0.05) is 18.2 Å². The molecule has 148 valence electrons. The summed E-state index contributed by atoms with van der Waals surface area (Å²) in [6, 6.07) is 17.9. The fraction of sp³-hybridized carbons (Fsp3) is 0.217. The minimum atomic E-state index is 0.815. The maximum absolute atomic E-state index is 5.90. The number of rotatable bonds is 8. The minimum Gasteiger partial charge on any atom is -0.457 e. The van der Waals surface area contributed by atoms with Crippen molar-refractivity contribution in [2.75, 3.05) is 13.6 Å². The molecule has 0 amide bonds. The van der Waals surface area contributed by atoms with Crippen molar-refractivity contribution in [3.63, 3.8) is 0 Å². The van der Waals surface area contributed by atoms with Gasteiger partial charge >= 0.3 is 0 Å². The van der Waals surface area contributed by atoms with Crippen molar-refractivity contribution in [2.24, 2.45) is 7.05 Å². The first-order valence-electron chi connectivity index (χ1n) is 9.67. The van der Waals surface area contributed by atoms with Crippen LogP contribution in [0, 0.1) is 0 Å². The third-order valence-corrected chi connectivity index (χ3v) is 4.75. The van der Waals surface area contributed by atoms with E-state index < -0.39 is 0 Å². The van der Waals surface area contributed by atoms with E-state index in [1.807, 2.05) is 72.9 Å². The van der Waals surface area contributed by atoms with Crippen molar-refractivity contribution in [1.29, 1.82) is 0 Å². The molecule has 0 N–H and O–H groups in total. The predicted molar refractivity (Wildman–Crippen MR) is 114 cm³/mol. The van der Waals surface area contributed by atoms with Crippen LogP contribution < -0.4 is 4.74 Å². The lowest BCUT2D eigenvalue weighted by atomic mass is 10.1. The first kappa shape index (κ1) is 19.0. The molecule has 0 bridgehead atoms. The van der Waals surface area contributed by atoms with Gasteiger partial charge in [0.25, 0.3) is 0 Å². The van der Waals surface area contributed by atoms with Crippen LogP contribution in [0.15, 0.2) is 79.5 Å². The van der Waals surface area contributed by atoms with Gasteiger partial charge < -0.3 is 14.2 Å². The molecule has 4 rings (SSSR count). The zero-order valence-electron chi connectivity index (χ0n) is 16.8. The Morgan fingerprint density at radius 2 is 1.76 bits per heavy atom. The van der Waals surface area contributed by atoms with Gasteiger partial charge in [-0.15, -0.1) is 0 Å². The number of aryl methyl sites for hydroxylation is 1. The standard InChI is InChI=1S/C23H25N5O/c1-26(14-15-28-13-12-24-18-28)16-20-17-27(2)25-23(20)19-8-10-22(11-9-19)29-21-6-4-3-5-7-21/h3-13,17-18H,14-16H2,1-2H3. The Labute approximate surface area is 171 Å². The van der Waals surface area contributed by atoms with E-state index in [1.54, 1.807) is 0 Å². The number of likely N-dealkylation sites (N-methyl/N-ethyl adjacent to an activating group) is 1. The molecule has 0 saturated carbocycles. The van der Waals surface area contributed by atoms with E-state index in [2.05, 4.69) is 39.8 Å². The molecule has 0 aliphatic carbocycles. The van der Waals surface area contributed by atoms with Crippen LogP contribution in [0.4, 0.5) is 0 Å². The molecule has 4 aromatic rings. The van der Waals surface area contributed by atoms with Crippen LogP contribution in [0.5, 0.6) is 11.5 Å². The summed E-state index contributed by atoms with van der Waals surface area (Å²) in [5.74, 6) is 1.65. The highest BCUT2D eigenvalue weighted by atomic mass is 16.5. The molecule has 0 radical (unpaired) electrons. The molecule has 2 heterocycles. The largest absolute Gasteiger partial charge is 0.457 e. The predicted octanol–water partition coefficient (Wildman–Crippen LogP) is 4.21. The Balaban J connectivity index is 1.44. The number of hydrogen-bond donors (Lipinski definition) is 0. The van der Waals surface area contributed by atoms with E-state index in [4.69, 9.17) is 9.84 Å². The van der Waals surface area contributed by atoms with Crippen LogP contribution in [-0.4, -0.2) is 37.8 Å². The summed E-state index contributed by atoms with van der Waals surface area (Å²) in [6.45, 7) is 2.69. The Bertz CT molecular complexity index is 1020. The molecule has 0 aliphatic rings. The van der Waals surface area contributed by atoms with Gasteiger partial charge in [0, 0.05) is 56.4 Å². The number of nitrogens with zero attached hydrogens (tertiary/aromatic N) is 5. The number of hydrogen-bond acceptors (Lipinski definition) is 4. The molecule has 0 spiro atoms. The zero-order chi connectivity index (χ0) is 20.1. The summed E-state index contributed by atoms with van der Waals surface area (Å²) >= 11 is 0. The van der Waals surface area contributed by atoms with Crippen molar-refractivity contribution in [2.45, 2.75) is 13.1 Å². The van der Waals surface area contributed by atoms with Crippen LogP contribution in [0.25, 0.3) is 11.3 Å². The fourth-order valence-corrected chi connectivity index (χ4v) is 3.28. The average molecular weight is 387 g/mol. The molecule has 6 nitrogen and oxygen atoms in total. The summed E-state index contributed by atoms with van der Waals surface area (Å²) in [5.41, 5.74) is 3.30. The maximum Gasteiger partial charge on any atom is 0.127 e. The maximum atomic E-state index is 5.90. The Morgan fingerprint density at radius 3 is 2.48 bits per heavy atom. The number of aromatic nitrogens is 4. The highest BCUT2D eigenvalue weighted by molar-refractivity contribution is 5.63. The lowest BCUT2D eigenvalue weighted by molar-refractivity contribution is 0.311. The SMILES string of the molecule is CN(CCn1ccnc1)Cc1cn(C)nc1-c1ccc(Oc2ccccc2)cc1. The smallest absolute Gasteiger partial charge is 0.127 e. The first-order valence-corrected chi connectivity index (χ1v) is 9.67. The molecule has 29 heavy (non-hydrogen) atoms. The average Bonchev–Trinajstić information content (AvgIpc) is 3.37. The highest BCUT2D eigenvalue weighted by Gasteiger charge is 2.12. The van der Waals surface area contributed by atoms with Gasteiger partial charge in [0.2, 0.25) is 0 Å². The third kappa shape index (κ3) is 4.92. The van der Waals surface area contributed by atoms with Gasteiger partial charge in [0.05, 0.1) is 12.0 Å². The van der Waals surface area contributed by atoms with Crippen LogP contribution in [-0.2, 0) is 20.1 Å². The van der Waals surface area contributed by atoms with Crippen LogP contribution >= 0.6 is 0 Å². The molecule has 0 atom stereocenters. The quantitative estimate of drug-likeness (QED) is 0.454. The Hall–Kier alpha value is -3.38. The van der Waals surface area contributed by atoms with E-state index in [1.165, 1.54) is 5.56 Å². The molecule has 2 aromatic heterocycles. The third-order valence-electron chi connectivity index (χ3n) is 4.75. The topological polar surface area (TPSA) is 48.1 Å². The fourth-order valence-electron chi connectivity index (χ4n) is 3.28. The van der Waals surface area contributed by atoms with E-state index in [0.717, 1.165) is 42.4 Å². The second-order valence-corrected chi connectivity index (χ2v) is 7.15. The Kier molecular flexibility index (Phi) is 5.72. The number of benzene rings is 2. The van der Waals surface area contributed by atoms with E-state index in [-0.39, 0.29) is 0 Å². The molecular weight excluding hydrogens is 362 g/mol. The number of ether oxygens (including phenoxy) is 1. The summed E-state index contributed by atoms with van der Waals surface area (Å²) in [6.07, 6.45) is 7.74. The van der Waals surface area contributed by atoms with E-state index in [0.29, 0.717) is 0 Å². The van der Waals surface area contributed by atoms with E-state index >= 15 is 0 Å². The van der Waals surface area contributed by atoms with Crippen LogP contribution in [0.3, 0.4) is 0 Å². The van der Waals surface area contributed by atoms with Crippen LogP contribution in [0.1, 0.15) is 5.56 Å². The number of para-hydroxylation sites is 1. The summed E-state index contributed by atoms with van der Waals surface area (Å²) < 4.78 is 9.86. The van der Waals surface area contributed by atoms with Gasteiger partial charge in [-0.05, 0) is 43.4 Å². The van der Waals surface area contributed by atoms with Crippen molar-refractivity contribution in [3.8, 4) is 22.8 Å². The molecule has 0 unspecified atom stereocenters. The van der Waals surface area contributed by atoms with Crippen molar-refractivity contribution >= 4 is 0 Å². The molecule has 6 heteroatoms. The Morgan fingerprint density at radius 1 is 1.00 bits per heavy atom. The molecule has 0 aliphatic heterocycles. The summed E-state index contributed by atoms with van der Waals surface area (Å²) in [7, 11) is 4.09. The zero-order valence-corrected chi connectivity index (χ0v) is 16.8. The van der Waals surface area contributed by atoms with Gasteiger partial charge in [-0.2, -0.15) is 5.10 Å². The van der Waals surface area contributed by atoms with Crippen LogP contribution in [0.2, 0.25) is 0 Å². The molecular formula is C23H25N5O. The second-order valence-electron chi connectivity index (χ2n) is 7.15. The lowest BCUT2D eigenvalue weighted by Crippen LogP contribution is -2.22. The van der Waals surface area contributed by atoms with Crippen molar-refractivity contribution < 1.29 is 4.74 Å². The van der Waals surface area contributed by atoms with Crippen molar-refractivity contribution in [3.05, 3.63) is 85.1 Å². The molecule has 2 aromatic carbocycles. The normalized spacial score (nSPS) is 11.1. The molecule has 0 saturated heterocycles. The van der Waals surface area contributed by atoms with Crippen molar-refractivity contribution in [1.82, 2.24) is 24.2 Å². The minimum absolute atomic E-state index is 0.815. The molecule has 0 fully saturated rings. The van der Waals surface area contributed by atoms with E-state index in [9.17, 15) is 0 Å². The summed E-state index contributed by atoms with van der Waals surface area (Å²) in [5, 5.41) is 4.69. The van der Waals surface area contributed by atoms with Gasteiger partial charge in [-0.3, -0.25) is 4.68 Å². The van der Waals surface area contributed by atoms with Gasteiger partial charge in [-0.25, -0.2) is 4.98 Å². The number of imidazole rings is 1. The lowest BCUT2D eigenvalue weighted by Gasteiger charge is -2.16. The summed E-state index contributed by atoms with van der Waals surface area (Å²) in [4.78, 5) is 6.39. The highest BCUT2D eigenvalue weighted by Crippen LogP contribution is 2.27. The van der Waals surface area contributed by atoms with Gasteiger partial charge in [0.1, 0.15) is 11.5 Å². The second kappa shape index (κ2) is 8.75. The van der Waals surface area contributed by atoms with Gasteiger partial charge in [0.15, 0.2) is 0 Å². The monoisotopic (exact) mass is 387 g/mol.